The Kier molecular flexibility index (Phi) is 4.57. The first-order valence-electron chi connectivity index (χ1n) is 6.35. The van der Waals surface area contributed by atoms with Crippen LogP contribution in [0.4, 0.5) is 0 Å². The number of nitrogens with zero attached hydrogens (tertiary/aromatic N) is 1. The van der Waals surface area contributed by atoms with Crippen molar-refractivity contribution in [2.75, 3.05) is 27.3 Å². The molecule has 0 aromatic heterocycles. The van der Waals surface area contributed by atoms with Gasteiger partial charge >= 0.3 is 0 Å². The second-order valence-corrected chi connectivity index (χ2v) is 6.64. The molecule has 1 heterocycles. The molecule has 0 radical (unpaired) electrons. The zero-order valence-corrected chi connectivity index (χ0v) is 12.1. The summed E-state index contributed by atoms with van der Waals surface area (Å²) in [6.45, 7) is 1.64. The predicted octanol–water partition coefficient (Wildman–Crippen LogP) is 0.815. The fraction of sp³-hybridized carbons (Fsp3) is 0.538. The van der Waals surface area contributed by atoms with E-state index in [0.717, 1.165) is 12.0 Å². The average Bonchev–Trinajstić information content (AvgIpc) is 2.92. The summed E-state index contributed by atoms with van der Waals surface area (Å²) in [4.78, 5) is 0.374. The molecule has 1 aliphatic heterocycles. The quantitative estimate of drug-likeness (QED) is 0.869. The number of rotatable bonds is 5. The van der Waals surface area contributed by atoms with Gasteiger partial charge < -0.3 is 10.1 Å². The molecular weight excluding hydrogens is 264 g/mol. The summed E-state index contributed by atoms with van der Waals surface area (Å²) in [5.74, 6) is 0. The molecule has 5 nitrogen and oxygen atoms in total. The van der Waals surface area contributed by atoms with Crippen LogP contribution in [0.3, 0.4) is 0 Å². The Labute approximate surface area is 114 Å². The van der Waals surface area contributed by atoms with Crippen LogP contribution in [0.15, 0.2) is 29.2 Å². The van der Waals surface area contributed by atoms with Crippen LogP contribution < -0.4 is 5.32 Å². The van der Waals surface area contributed by atoms with Crippen LogP contribution in [0.2, 0.25) is 0 Å². The van der Waals surface area contributed by atoms with Crippen LogP contribution in [0.1, 0.15) is 12.0 Å². The molecule has 1 aromatic rings. The molecular formula is C13H20N2O3S. The molecule has 6 heteroatoms. The lowest BCUT2D eigenvalue weighted by Crippen LogP contribution is -2.37. The molecule has 106 valence electrons. The highest BCUT2D eigenvalue weighted by Crippen LogP contribution is 2.23. The fourth-order valence-electron chi connectivity index (χ4n) is 2.25. The third-order valence-corrected chi connectivity index (χ3v) is 5.43. The summed E-state index contributed by atoms with van der Waals surface area (Å²) in [6, 6.07) is 7.04. The number of hydrogen-bond donors (Lipinski definition) is 1. The SMILES string of the molecule is CNCc1ccccc1S(=O)(=O)N(C)C1CCOC1. The molecule has 19 heavy (non-hydrogen) atoms. The van der Waals surface area contributed by atoms with Gasteiger partial charge in [-0.1, -0.05) is 18.2 Å². The number of likely N-dealkylation sites (N-methyl/N-ethyl adjacent to an activating group) is 1. The van der Waals surface area contributed by atoms with E-state index < -0.39 is 10.0 Å². The summed E-state index contributed by atoms with van der Waals surface area (Å²) in [7, 11) is -0.0286. The minimum atomic E-state index is -3.46. The zero-order chi connectivity index (χ0) is 13.9. The van der Waals surface area contributed by atoms with Crippen molar-refractivity contribution in [1.82, 2.24) is 9.62 Å². The Hall–Kier alpha value is -0.950. The van der Waals surface area contributed by atoms with E-state index in [1.165, 1.54) is 4.31 Å². The van der Waals surface area contributed by atoms with Gasteiger partial charge in [0, 0.05) is 20.2 Å². The lowest BCUT2D eigenvalue weighted by atomic mass is 10.2. The standard InChI is InChI=1S/C13H20N2O3S/c1-14-9-11-5-3-4-6-13(11)19(16,17)15(2)12-7-8-18-10-12/h3-6,12,14H,7-10H2,1-2H3. The van der Waals surface area contributed by atoms with Gasteiger partial charge in [0.2, 0.25) is 10.0 Å². The molecule has 1 fully saturated rings. The number of ether oxygens (including phenoxy) is 1. The molecule has 1 saturated heterocycles. The zero-order valence-electron chi connectivity index (χ0n) is 11.3. The Morgan fingerprint density at radius 1 is 1.42 bits per heavy atom. The van der Waals surface area contributed by atoms with Crippen molar-refractivity contribution < 1.29 is 13.2 Å². The summed E-state index contributed by atoms with van der Waals surface area (Å²) < 4.78 is 32.0. The van der Waals surface area contributed by atoms with Crippen LogP contribution in [0, 0.1) is 0 Å². The minimum absolute atomic E-state index is 0.0624. The van der Waals surface area contributed by atoms with Crippen molar-refractivity contribution in [2.24, 2.45) is 0 Å². The molecule has 1 aromatic carbocycles. The summed E-state index contributed by atoms with van der Waals surface area (Å²) in [5.41, 5.74) is 0.788. The van der Waals surface area contributed by atoms with Crippen molar-refractivity contribution in [2.45, 2.75) is 23.9 Å². The van der Waals surface area contributed by atoms with Gasteiger partial charge in [0.05, 0.1) is 17.5 Å². The maximum absolute atomic E-state index is 12.7. The first-order chi connectivity index (χ1) is 9.07. The molecule has 0 aliphatic carbocycles. The van der Waals surface area contributed by atoms with Crippen molar-refractivity contribution in [3.63, 3.8) is 0 Å². The van der Waals surface area contributed by atoms with E-state index in [1.807, 2.05) is 12.1 Å². The van der Waals surface area contributed by atoms with E-state index in [4.69, 9.17) is 4.74 Å². The minimum Gasteiger partial charge on any atom is -0.380 e. The summed E-state index contributed by atoms with van der Waals surface area (Å²) in [6.07, 6.45) is 0.754. The Bertz CT molecular complexity index is 524. The second-order valence-electron chi connectivity index (χ2n) is 4.68. The van der Waals surface area contributed by atoms with Gasteiger partial charge in [0.25, 0.3) is 0 Å². The lowest BCUT2D eigenvalue weighted by molar-refractivity contribution is 0.181. The van der Waals surface area contributed by atoms with E-state index in [-0.39, 0.29) is 6.04 Å². The average molecular weight is 284 g/mol. The highest BCUT2D eigenvalue weighted by atomic mass is 32.2. The van der Waals surface area contributed by atoms with Crippen LogP contribution in [0.5, 0.6) is 0 Å². The molecule has 0 bridgehead atoms. The van der Waals surface area contributed by atoms with Crippen molar-refractivity contribution in [3.8, 4) is 0 Å². The highest BCUT2D eigenvalue weighted by molar-refractivity contribution is 7.89. The lowest BCUT2D eigenvalue weighted by Gasteiger charge is -2.23. The Morgan fingerprint density at radius 2 is 2.16 bits per heavy atom. The van der Waals surface area contributed by atoms with Crippen LogP contribution in [-0.4, -0.2) is 46.1 Å². The predicted molar refractivity (Wildman–Crippen MR) is 73.4 cm³/mol. The molecule has 1 unspecified atom stereocenters. The normalized spacial score (nSPS) is 20.1. The van der Waals surface area contributed by atoms with Crippen molar-refractivity contribution >= 4 is 10.0 Å². The first kappa shape index (κ1) is 14.5. The molecule has 1 atom stereocenters. The highest BCUT2D eigenvalue weighted by Gasteiger charge is 2.31. The van der Waals surface area contributed by atoms with E-state index >= 15 is 0 Å². The number of nitrogens with one attached hydrogen (secondary N) is 1. The maximum Gasteiger partial charge on any atom is 0.243 e. The van der Waals surface area contributed by atoms with Gasteiger partial charge in [-0.15, -0.1) is 0 Å². The van der Waals surface area contributed by atoms with Crippen LogP contribution in [0.25, 0.3) is 0 Å². The van der Waals surface area contributed by atoms with Gasteiger partial charge in [-0.25, -0.2) is 8.42 Å². The van der Waals surface area contributed by atoms with Crippen LogP contribution in [-0.2, 0) is 21.3 Å². The molecule has 0 spiro atoms. The second kappa shape index (κ2) is 6.00. The van der Waals surface area contributed by atoms with Gasteiger partial charge in [-0.3, -0.25) is 0 Å². The van der Waals surface area contributed by atoms with E-state index in [1.54, 1.807) is 26.2 Å². The van der Waals surface area contributed by atoms with E-state index in [0.29, 0.717) is 24.7 Å². The summed E-state index contributed by atoms with van der Waals surface area (Å²) >= 11 is 0. The van der Waals surface area contributed by atoms with E-state index in [9.17, 15) is 8.42 Å². The molecule has 0 saturated carbocycles. The first-order valence-corrected chi connectivity index (χ1v) is 7.79. The molecule has 1 aliphatic rings. The van der Waals surface area contributed by atoms with Crippen molar-refractivity contribution in [3.05, 3.63) is 29.8 Å². The monoisotopic (exact) mass is 284 g/mol. The van der Waals surface area contributed by atoms with Gasteiger partial charge in [0.15, 0.2) is 0 Å². The topological polar surface area (TPSA) is 58.6 Å². The summed E-state index contributed by atoms with van der Waals surface area (Å²) in [5, 5.41) is 3.00. The van der Waals surface area contributed by atoms with Crippen LogP contribution >= 0.6 is 0 Å². The Balaban J connectivity index is 2.33. The van der Waals surface area contributed by atoms with Gasteiger partial charge in [-0.2, -0.15) is 4.31 Å². The fourth-order valence-corrected chi connectivity index (χ4v) is 3.84. The number of hydrogen-bond acceptors (Lipinski definition) is 4. The smallest absolute Gasteiger partial charge is 0.243 e. The molecule has 2 rings (SSSR count). The molecule has 0 amide bonds. The number of benzene rings is 1. The third kappa shape index (κ3) is 2.97. The largest absolute Gasteiger partial charge is 0.380 e. The van der Waals surface area contributed by atoms with E-state index in [2.05, 4.69) is 5.32 Å². The third-order valence-electron chi connectivity index (χ3n) is 3.42. The maximum atomic E-state index is 12.7. The van der Waals surface area contributed by atoms with Crippen molar-refractivity contribution in [1.29, 1.82) is 0 Å². The molecule has 1 N–H and O–H groups in total. The Morgan fingerprint density at radius 3 is 2.79 bits per heavy atom. The number of sulfonamides is 1. The van der Waals surface area contributed by atoms with Gasteiger partial charge in [-0.05, 0) is 25.1 Å². The van der Waals surface area contributed by atoms with Gasteiger partial charge in [0.1, 0.15) is 0 Å².